The van der Waals surface area contributed by atoms with Crippen molar-refractivity contribution in [2.24, 2.45) is 0 Å². The minimum Gasteiger partial charge on any atom is -0.399 e. The van der Waals surface area contributed by atoms with Crippen LogP contribution in [0.5, 0.6) is 0 Å². The first kappa shape index (κ1) is 15.7. The number of amides is 1. The fraction of sp³-hybridized carbons (Fsp3) is 0.188. The Morgan fingerprint density at radius 3 is 2.67 bits per heavy atom. The van der Waals surface area contributed by atoms with Crippen LogP contribution < -0.4 is 5.73 Å². The van der Waals surface area contributed by atoms with E-state index < -0.39 is 0 Å². The molecule has 0 aliphatic rings. The molecule has 2 aromatic rings. The van der Waals surface area contributed by atoms with E-state index in [2.05, 4.69) is 0 Å². The molecule has 0 aromatic heterocycles. The minimum absolute atomic E-state index is 0.101. The summed E-state index contributed by atoms with van der Waals surface area (Å²) in [7, 11) is 1.72. The number of aryl methyl sites for hydroxylation is 1. The molecule has 0 aliphatic carbocycles. The molecule has 0 unspecified atom stereocenters. The smallest absolute Gasteiger partial charge is 0.254 e. The van der Waals surface area contributed by atoms with Crippen LogP contribution in [0.2, 0.25) is 10.0 Å². The summed E-state index contributed by atoms with van der Waals surface area (Å²) in [5.41, 5.74) is 8.61. The number of nitrogens with two attached hydrogens (primary N) is 1. The third-order valence-corrected chi connectivity index (χ3v) is 4.14. The number of carbonyl (C=O) groups excluding carboxylic acids is 1. The van der Waals surface area contributed by atoms with Crippen LogP contribution in [0.15, 0.2) is 36.4 Å². The van der Waals surface area contributed by atoms with Crippen molar-refractivity contribution in [1.29, 1.82) is 0 Å². The van der Waals surface area contributed by atoms with Gasteiger partial charge in [-0.25, -0.2) is 0 Å². The Morgan fingerprint density at radius 1 is 1.24 bits per heavy atom. The summed E-state index contributed by atoms with van der Waals surface area (Å²) in [5, 5.41) is 0.957. The first-order valence-corrected chi connectivity index (χ1v) is 7.20. The second-order valence-corrected chi connectivity index (χ2v) is 5.73. The molecule has 0 heterocycles. The minimum atomic E-state index is -0.101. The molecular weight excluding hydrogens is 307 g/mol. The summed E-state index contributed by atoms with van der Waals surface area (Å²) < 4.78 is 0. The predicted octanol–water partition coefficient (Wildman–Crippen LogP) is 4.16. The molecule has 0 radical (unpaired) electrons. The van der Waals surface area contributed by atoms with Gasteiger partial charge in [-0.05, 0) is 36.2 Å². The molecule has 0 saturated carbocycles. The van der Waals surface area contributed by atoms with Crippen LogP contribution >= 0.6 is 23.2 Å². The van der Waals surface area contributed by atoms with E-state index in [1.807, 2.05) is 25.1 Å². The van der Waals surface area contributed by atoms with Gasteiger partial charge in [0.25, 0.3) is 5.91 Å². The van der Waals surface area contributed by atoms with Crippen molar-refractivity contribution >= 4 is 34.8 Å². The van der Waals surface area contributed by atoms with E-state index in [1.165, 1.54) is 0 Å². The third kappa shape index (κ3) is 3.49. The van der Waals surface area contributed by atoms with Gasteiger partial charge >= 0.3 is 0 Å². The highest BCUT2D eigenvalue weighted by Crippen LogP contribution is 2.26. The summed E-state index contributed by atoms with van der Waals surface area (Å²) in [6.07, 6.45) is 0. The summed E-state index contributed by atoms with van der Waals surface area (Å²) >= 11 is 12.1. The average Bonchev–Trinajstić information content (AvgIpc) is 2.45. The number of halogens is 2. The number of hydrogen-bond donors (Lipinski definition) is 1. The lowest BCUT2D eigenvalue weighted by Crippen LogP contribution is -2.27. The number of nitrogen functional groups attached to an aromatic ring is 1. The average molecular weight is 323 g/mol. The van der Waals surface area contributed by atoms with Gasteiger partial charge < -0.3 is 10.6 Å². The van der Waals surface area contributed by atoms with Crippen molar-refractivity contribution in [2.45, 2.75) is 13.5 Å². The third-order valence-electron chi connectivity index (χ3n) is 3.28. The first-order valence-electron chi connectivity index (χ1n) is 6.44. The van der Waals surface area contributed by atoms with Gasteiger partial charge in [0.05, 0.1) is 10.0 Å². The van der Waals surface area contributed by atoms with Crippen LogP contribution in [0.3, 0.4) is 0 Å². The maximum absolute atomic E-state index is 12.5. The first-order chi connectivity index (χ1) is 9.90. The molecule has 0 fully saturated rings. The largest absolute Gasteiger partial charge is 0.399 e. The summed E-state index contributed by atoms with van der Waals surface area (Å²) in [4.78, 5) is 14.1. The number of carbonyl (C=O) groups is 1. The molecule has 1 amide bonds. The van der Waals surface area contributed by atoms with Crippen LogP contribution in [0, 0.1) is 6.92 Å². The van der Waals surface area contributed by atoms with E-state index in [0.717, 1.165) is 11.1 Å². The second-order valence-electron chi connectivity index (χ2n) is 4.95. The SMILES string of the molecule is Cc1ccc(N)cc1C(=O)N(C)Cc1cccc(Cl)c1Cl. The van der Waals surface area contributed by atoms with E-state index in [0.29, 0.717) is 27.8 Å². The van der Waals surface area contributed by atoms with Crippen molar-refractivity contribution in [3.05, 3.63) is 63.1 Å². The van der Waals surface area contributed by atoms with Gasteiger partial charge in [0.15, 0.2) is 0 Å². The van der Waals surface area contributed by atoms with E-state index in [4.69, 9.17) is 28.9 Å². The standard InChI is InChI=1S/C16H16Cl2N2O/c1-10-6-7-12(19)8-13(10)16(21)20(2)9-11-4-3-5-14(17)15(11)18/h3-8H,9,19H2,1-2H3. The summed E-state index contributed by atoms with van der Waals surface area (Å²) in [6.45, 7) is 2.26. The van der Waals surface area contributed by atoms with Crippen LogP contribution in [0.25, 0.3) is 0 Å². The molecule has 0 spiro atoms. The summed E-state index contributed by atoms with van der Waals surface area (Å²) in [6, 6.07) is 10.7. The molecular formula is C16H16Cl2N2O. The van der Waals surface area contributed by atoms with Crippen molar-refractivity contribution in [3.63, 3.8) is 0 Å². The lowest BCUT2D eigenvalue weighted by atomic mass is 10.1. The Bertz CT molecular complexity index is 686. The van der Waals surface area contributed by atoms with Gasteiger partial charge in [-0.2, -0.15) is 0 Å². The molecule has 2 N–H and O–H groups in total. The van der Waals surface area contributed by atoms with Gasteiger partial charge in [0, 0.05) is 24.8 Å². The Morgan fingerprint density at radius 2 is 1.95 bits per heavy atom. The normalized spacial score (nSPS) is 10.5. The Kier molecular flexibility index (Phi) is 4.76. The van der Waals surface area contributed by atoms with E-state index >= 15 is 0 Å². The number of hydrogen-bond acceptors (Lipinski definition) is 2. The molecule has 0 atom stereocenters. The lowest BCUT2D eigenvalue weighted by Gasteiger charge is -2.19. The zero-order valence-electron chi connectivity index (χ0n) is 11.9. The molecule has 3 nitrogen and oxygen atoms in total. The number of rotatable bonds is 3. The van der Waals surface area contributed by atoms with Crippen LogP contribution in [-0.2, 0) is 6.54 Å². The molecule has 2 aromatic carbocycles. The predicted molar refractivity (Wildman–Crippen MR) is 87.9 cm³/mol. The van der Waals surface area contributed by atoms with Crippen LogP contribution in [0.1, 0.15) is 21.5 Å². The zero-order chi connectivity index (χ0) is 15.6. The molecule has 2 rings (SSSR count). The Balaban J connectivity index is 2.24. The topological polar surface area (TPSA) is 46.3 Å². The van der Waals surface area contributed by atoms with Crippen LogP contribution in [-0.4, -0.2) is 17.9 Å². The molecule has 0 saturated heterocycles. The van der Waals surface area contributed by atoms with E-state index in [9.17, 15) is 4.79 Å². The number of benzene rings is 2. The molecule has 0 bridgehead atoms. The highest BCUT2D eigenvalue weighted by atomic mass is 35.5. The monoisotopic (exact) mass is 322 g/mol. The maximum Gasteiger partial charge on any atom is 0.254 e. The maximum atomic E-state index is 12.5. The molecule has 5 heteroatoms. The van der Waals surface area contributed by atoms with Crippen molar-refractivity contribution < 1.29 is 4.79 Å². The van der Waals surface area contributed by atoms with Crippen molar-refractivity contribution in [2.75, 3.05) is 12.8 Å². The van der Waals surface area contributed by atoms with E-state index in [-0.39, 0.29) is 5.91 Å². The second kappa shape index (κ2) is 6.37. The van der Waals surface area contributed by atoms with Gasteiger partial charge in [0.1, 0.15) is 0 Å². The van der Waals surface area contributed by atoms with Crippen LogP contribution in [0.4, 0.5) is 5.69 Å². The van der Waals surface area contributed by atoms with Gasteiger partial charge in [-0.1, -0.05) is 41.4 Å². The quantitative estimate of drug-likeness (QED) is 0.862. The van der Waals surface area contributed by atoms with Gasteiger partial charge in [-0.15, -0.1) is 0 Å². The van der Waals surface area contributed by atoms with Crippen molar-refractivity contribution in [1.82, 2.24) is 4.90 Å². The fourth-order valence-electron chi connectivity index (χ4n) is 2.07. The van der Waals surface area contributed by atoms with Gasteiger partial charge in [-0.3, -0.25) is 4.79 Å². The summed E-state index contributed by atoms with van der Waals surface area (Å²) in [5.74, 6) is -0.101. The van der Waals surface area contributed by atoms with E-state index in [1.54, 1.807) is 30.1 Å². The van der Waals surface area contributed by atoms with Gasteiger partial charge in [0.2, 0.25) is 0 Å². The zero-order valence-corrected chi connectivity index (χ0v) is 13.4. The Labute approximate surface area is 134 Å². The number of anilines is 1. The molecule has 110 valence electrons. The highest BCUT2D eigenvalue weighted by molar-refractivity contribution is 6.42. The highest BCUT2D eigenvalue weighted by Gasteiger charge is 2.16. The molecule has 0 aliphatic heterocycles. The van der Waals surface area contributed by atoms with Crippen molar-refractivity contribution in [3.8, 4) is 0 Å². The Hall–Kier alpha value is -1.71. The lowest BCUT2D eigenvalue weighted by molar-refractivity contribution is 0.0784. The number of nitrogens with zero attached hydrogens (tertiary/aromatic N) is 1. The molecule has 21 heavy (non-hydrogen) atoms. The fourth-order valence-corrected chi connectivity index (χ4v) is 2.45.